The van der Waals surface area contributed by atoms with E-state index in [4.69, 9.17) is 5.73 Å². The van der Waals surface area contributed by atoms with Crippen molar-refractivity contribution < 1.29 is 7.65 Å². The molecule has 0 aliphatic carbocycles. The van der Waals surface area contributed by atoms with Gasteiger partial charge in [-0.3, -0.25) is 4.79 Å². The Bertz CT molecular complexity index is 71.6. The van der Waals surface area contributed by atoms with Gasteiger partial charge in [0.1, 0.15) is 0 Å². The van der Waals surface area contributed by atoms with Gasteiger partial charge in [0.2, 0.25) is 5.91 Å². The first-order valence-electron chi connectivity index (χ1n) is 3.22. The Kier molecular flexibility index (Phi) is 13.0. The Morgan fingerprint density at radius 1 is 1.67 bits per heavy atom. The van der Waals surface area contributed by atoms with E-state index in [0.29, 0.717) is 13.1 Å². The van der Waals surface area contributed by atoms with E-state index < -0.39 is 0 Å². The van der Waals surface area contributed by atoms with Crippen LogP contribution < -0.4 is 11.1 Å². The van der Waals surface area contributed by atoms with E-state index >= 15 is 0 Å². The summed E-state index contributed by atoms with van der Waals surface area (Å²) in [5.74, 6) is -0.0227. The van der Waals surface area contributed by atoms with Crippen LogP contribution in [0.2, 0.25) is 0 Å². The quantitative estimate of drug-likeness (QED) is 0.584. The maximum Gasteiger partial charge on any atom is 0.216 e. The zero-order valence-electron chi connectivity index (χ0n) is 6.40. The van der Waals surface area contributed by atoms with E-state index in [-0.39, 0.29) is 8.76 Å². The van der Waals surface area contributed by atoms with Gasteiger partial charge in [0.15, 0.2) is 0 Å². The van der Waals surface area contributed by atoms with Crippen molar-refractivity contribution in [2.75, 3.05) is 13.1 Å². The Labute approximate surface area is 59.6 Å². The predicted molar refractivity (Wildman–Crippen MR) is 43.3 cm³/mol. The molecule has 0 saturated heterocycles. The fourth-order valence-corrected chi connectivity index (χ4v) is 0.248. The zero-order valence-corrected chi connectivity index (χ0v) is 6.40. The number of nitrogens with two attached hydrogens (primary N) is 1. The number of carbonyl (C=O) groups excluding carboxylic acids is 1. The van der Waals surface area contributed by atoms with Crippen molar-refractivity contribution in [3.8, 4) is 0 Å². The molecule has 0 radical (unpaired) electrons. The van der Waals surface area contributed by atoms with Crippen LogP contribution in [0, 0.1) is 0 Å². The summed E-state index contributed by atoms with van der Waals surface area (Å²) < 4.78 is 0. The summed E-state index contributed by atoms with van der Waals surface area (Å²) in [6, 6.07) is 0. The standard InChI is InChI=1S/C4H10N2O.C2H6.2H2/c1-4(7)6-3-2-5;1-2;;/h2-3,5H2,1H3,(H,6,7);1-2H3;2*1H. The van der Waals surface area contributed by atoms with Crippen molar-refractivity contribution in [2.45, 2.75) is 20.8 Å². The van der Waals surface area contributed by atoms with Gasteiger partial charge >= 0.3 is 0 Å². The highest BCUT2D eigenvalue weighted by Gasteiger charge is 1.83. The molecule has 3 nitrogen and oxygen atoms in total. The molecule has 0 aliphatic rings. The molecule has 0 rings (SSSR count). The molecule has 3 heteroatoms. The summed E-state index contributed by atoms with van der Waals surface area (Å²) in [5.41, 5.74) is 5.06. The lowest BCUT2D eigenvalue weighted by Crippen LogP contribution is -2.26. The molecule has 0 atom stereocenters. The average Bonchev–Trinajstić information content (AvgIpc) is 1.88. The normalized spacial score (nSPS) is 7.11. The van der Waals surface area contributed by atoms with Gasteiger partial charge in [0.25, 0.3) is 0 Å². The molecule has 0 bridgehead atoms. The third-order valence-electron chi connectivity index (χ3n) is 0.518. The van der Waals surface area contributed by atoms with Gasteiger partial charge < -0.3 is 11.1 Å². The number of carbonyl (C=O) groups is 1. The van der Waals surface area contributed by atoms with Crippen LogP contribution in [0.1, 0.15) is 23.6 Å². The summed E-state index contributed by atoms with van der Waals surface area (Å²) in [5, 5.41) is 2.53. The minimum absolute atomic E-state index is 0. The van der Waals surface area contributed by atoms with Gasteiger partial charge in [0.05, 0.1) is 0 Å². The molecule has 0 spiro atoms. The second-order valence-electron chi connectivity index (χ2n) is 1.27. The van der Waals surface area contributed by atoms with Crippen LogP contribution in [0.25, 0.3) is 0 Å². The van der Waals surface area contributed by atoms with Gasteiger partial charge in [-0.2, -0.15) is 0 Å². The smallest absolute Gasteiger partial charge is 0.216 e. The van der Waals surface area contributed by atoms with Crippen LogP contribution in [0.3, 0.4) is 0 Å². The molecule has 0 aromatic carbocycles. The maximum absolute atomic E-state index is 10.0. The minimum atomic E-state index is -0.0227. The first-order chi connectivity index (χ1) is 4.27. The number of hydrogen-bond acceptors (Lipinski definition) is 2. The molecule has 9 heavy (non-hydrogen) atoms. The number of amides is 1. The fourth-order valence-electron chi connectivity index (χ4n) is 0.248. The topological polar surface area (TPSA) is 55.1 Å². The largest absolute Gasteiger partial charge is 0.355 e. The lowest BCUT2D eigenvalue weighted by Gasteiger charge is -1.93. The first kappa shape index (κ1) is 11.3. The van der Waals surface area contributed by atoms with E-state index in [1.807, 2.05) is 13.8 Å². The van der Waals surface area contributed by atoms with Crippen molar-refractivity contribution in [2.24, 2.45) is 5.73 Å². The van der Waals surface area contributed by atoms with E-state index in [2.05, 4.69) is 5.32 Å². The maximum atomic E-state index is 10.0. The molecule has 0 aromatic rings. The van der Waals surface area contributed by atoms with Crippen LogP contribution in [0.15, 0.2) is 0 Å². The molecule has 3 N–H and O–H groups in total. The third kappa shape index (κ3) is 18.6. The zero-order chi connectivity index (χ0) is 7.70. The first-order valence-corrected chi connectivity index (χ1v) is 3.22. The molecule has 0 saturated carbocycles. The van der Waals surface area contributed by atoms with Crippen molar-refractivity contribution >= 4 is 5.91 Å². The van der Waals surface area contributed by atoms with E-state index in [0.717, 1.165) is 0 Å². The van der Waals surface area contributed by atoms with Crippen LogP contribution in [0.4, 0.5) is 0 Å². The van der Waals surface area contributed by atoms with Crippen LogP contribution in [0.5, 0.6) is 0 Å². The van der Waals surface area contributed by atoms with E-state index in [1.165, 1.54) is 6.92 Å². The molecular formula is C6H20N2O. The van der Waals surface area contributed by atoms with Crippen molar-refractivity contribution in [1.82, 2.24) is 5.32 Å². The Hall–Kier alpha value is -0.570. The summed E-state index contributed by atoms with van der Waals surface area (Å²) in [7, 11) is 0. The molecule has 0 unspecified atom stereocenters. The van der Waals surface area contributed by atoms with Gasteiger partial charge in [-0.05, 0) is 0 Å². The molecule has 0 aromatic heterocycles. The summed E-state index contributed by atoms with van der Waals surface area (Å²) >= 11 is 0. The Morgan fingerprint density at radius 2 is 2.11 bits per heavy atom. The average molecular weight is 136 g/mol. The SMILES string of the molecule is CC.CC(=O)NCCN.[HH].[HH]. The highest BCUT2D eigenvalue weighted by atomic mass is 16.1. The summed E-state index contributed by atoms with van der Waals surface area (Å²) in [4.78, 5) is 10.0. The van der Waals surface area contributed by atoms with Gasteiger partial charge in [0, 0.05) is 22.9 Å². The van der Waals surface area contributed by atoms with Crippen molar-refractivity contribution in [3.63, 3.8) is 0 Å². The Balaban J connectivity index is -0.0000000564. The summed E-state index contributed by atoms with van der Waals surface area (Å²) in [6.07, 6.45) is 0. The molecule has 0 heterocycles. The monoisotopic (exact) mass is 136 g/mol. The van der Waals surface area contributed by atoms with E-state index in [9.17, 15) is 4.79 Å². The molecule has 0 aliphatic heterocycles. The van der Waals surface area contributed by atoms with Gasteiger partial charge in [-0.25, -0.2) is 0 Å². The molecule has 1 amide bonds. The lowest BCUT2D eigenvalue weighted by atomic mass is 10.6. The van der Waals surface area contributed by atoms with Crippen molar-refractivity contribution in [1.29, 1.82) is 0 Å². The number of hydrogen-bond donors (Lipinski definition) is 2. The van der Waals surface area contributed by atoms with Crippen LogP contribution in [-0.4, -0.2) is 19.0 Å². The Morgan fingerprint density at radius 3 is 2.22 bits per heavy atom. The molecule has 60 valence electrons. The number of nitrogens with one attached hydrogen (secondary N) is 1. The second kappa shape index (κ2) is 10.4. The van der Waals surface area contributed by atoms with Crippen molar-refractivity contribution in [3.05, 3.63) is 0 Å². The predicted octanol–water partition coefficient (Wildman–Crippen LogP) is 0.599. The van der Waals surface area contributed by atoms with Gasteiger partial charge in [-0.15, -0.1) is 0 Å². The summed E-state index contributed by atoms with van der Waals surface area (Å²) in [6.45, 7) is 6.56. The minimum Gasteiger partial charge on any atom is -0.355 e. The fraction of sp³-hybridized carbons (Fsp3) is 0.833. The second-order valence-corrected chi connectivity index (χ2v) is 1.27. The number of rotatable bonds is 2. The third-order valence-corrected chi connectivity index (χ3v) is 0.518. The lowest BCUT2D eigenvalue weighted by molar-refractivity contribution is -0.118. The van der Waals surface area contributed by atoms with E-state index in [1.54, 1.807) is 0 Å². The van der Waals surface area contributed by atoms with Crippen LogP contribution in [-0.2, 0) is 4.79 Å². The van der Waals surface area contributed by atoms with Gasteiger partial charge in [-0.1, -0.05) is 13.8 Å². The molecular weight excluding hydrogens is 116 g/mol. The highest BCUT2D eigenvalue weighted by molar-refractivity contribution is 5.72. The molecule has 0 fully saturated rings. The highest BCUT2D eigenvalue weighted by Crippen LogP contribution is 1.54. The van der Waals surface area contributed by atoms with Crippen LogP contribution >= 0.6 is 0 Å².